The molecule has 1 atom stereocenters. The normalized spacial score (nSPS) is 14.0. The molecular formula is C29H44N2O5. The van der Waals surface area contributed by atoms with Crippen molar-refractivity contribution in [2.45, 2.75) is 64.4 Å². The second-order valence-corrected chi connectivity index (χ2v) is 9.16. The fourth-order valence-electron chi connectivity index (χ4n) is 3.98. The molecule has 0 aromatic heterocycles. The molecule has 1 amide bonds. The molecule has 1 heterocycles. The third kappa shape index (κ3) is 12.8. The Morgan fingerprint density at radius 3 is 2.08 bits per heavy atom. The van der Waals surface area contributed by atoms with Crippen LogP contribution in [0.2, 0.25) is 0 Å². The van der Waals surface area contributed by atoms with Crippen LogP contribution in [0.1, 0.15) is 57.4 Å². The van der Waals surface area contributed by atoms with E-state index in [1.54, 1.807) is 31.4 Å². The highest BCUT2D eigenvalue weighted by Crippen LogP contribution is 2.17. The number of benzene rings is 2. The van der Waals surface area contributed by atoms with Crippen LogP contribution in [-0.4, -0.2) is 62.0 Å². The number of nitrogens with zero attached hydrogens (tertiary/aromatic N) is 1. The number of β-amino-alcohol motifs (C(OH)–C–C–N with tert-alkyl or cyclic N) is 1. The van der Waals surface area contributed by atoms with Crippen LogP contribution in [0.25, 0.3) is 0 Å². The average molecular weight is 501 g/mol. The Hall–Kier alpha value is -2.77. The highest BCUT2D eigenvalue weighted by Gasteiger charge is 2.15. The summed E-state index contributed by atoms with van der Waals surface area (Å²) < 4.78 is 16.0. The van der Waals surface area contributed by atoms with Gasteiger partial charge in [0.25, 0.3) is 0 Å². The summed E-state index contributed by atoms with van der Waals surface area (Å²) in [6, 6.07) is 15.3. The van der Waals surface area contributed by atoms with E-state index in [4.69, 9.17) is 19.9 Å². The Morgan fingerprint density at radius 2 is 1.50 bits per heavy atom. The van der Waals surface area contributed by atoms with Crippen molar-refractivity contribution in [3.63, 3.8) is 0 Å². The number of nitrogens with two attached hydrogens (primary N) is 1. The van der Waals surface area contributed by atoms with Gasteiger partial charge in [0.05, 0.1) is 32.8 Å². The van der Waals surface area contributed by atoms with E-state index in [9.17, 15) is 9.90 Å². The number of carbonyl (C=O) groups excluding carboxylic acids is 1. The molecular weight excluding hydrogens is 456 g/mol. The molecule has 3 rings (SSSR count). The zero-order valence-electron chi connectivity index (χ0n) is 22.0. The van der Waals surface area contributed by atoms with Crippen LogP contribution >= 0.6 is 0 Å². The average Bonchev–Trinajstić information content (AvgIpc) is 3.38. The Kier molecular flexibility index (Phi) is 14.4. The highest BCUT2D eigenvalue weighted by molar-refractivity contribution is 5.73. The van der Waals surface area contributed by atoms with Crippen LogP contribution in [0, 0.1) is 0 Å². The minimum absolute atomic E-state index is 0.228. The van der Waals surface area contributed by atoms with Gasteiger partial charge in [-0.15, -0.1) is 0 Å². The number of ether oxygens (including phenoxy) is 3. The fraction of sp³-hybridized carbons (Fsp3) is 0.552. The van der Waals surface area contributed by atoms with Gasteiger partial charge < -0.3 is 30.0 Å². The van der Waals surface area contributed by atoms with Crippen molar-refractivity contribution in [2.75, 3.05) is 40.0 Å². The van der Waals surface area contributed by atoms with Crippen molar-refractivity contribution in [3.05, 3.63) is 54.1 Å². The Bertz CT molecular complexity index is 836. The van der Waals surface area contributed by atoms with E-state index >= 15 is 0 Å². The van der Waals surface area contributed by atoms with Crippen LogP contribution in [0.3, 0.4) is 0 Å². The molecule has 200 valence electrons. The molecule has 1 aliphatic rings. The zero-order valence-corrected chi connectivity index (χ0v) is 22.0. The molecule has 36 heavy (non-hydrogen) atoms. The number of primary amides is 1. The van der Waals surface area contributed by atoms with Crippen LogP contribution in [-0.2, 0) is 11.2 Å². The van der Waals surface area contributed by atoms with Crippen molar-refractivity contribution in [1.29, 1.82) is 0 Å². The number of carbonyl (C=O) groups is 1. The monoisotopic (exact) mass is 500 g/mol. The fourth-order valence-corrected chi connectivity index (χ4v) is 3.98. The predicted molar refractivity (Wildman–Crippen MR) is 144 cm³/mol. The van der Waals surface area contributed by atoms with Gasteiger partial charge in [-0.05, 0) is 80.7 Å². The van der Waals surface area contributed by atoms with E-state index in [1.165, 1.54) is 37.7 Å². The first-order chi connectivity index (χ1) is 17.5. The number of unbranched alkanes of at least 4 members (excludes halogenated alkanes) is 3. The van der Waals surface area contributed by atoms with Gasteiger partial charge in [-0.1, -0.05) is 38.3 Å². The molecule has 7 heteroatoms. The summed E-state index contributed by atoms with van der Waals surface area (Å²) in [5.41, 5.74) is 6.15. The summed E-state index contributed by atoms with van der Waals surface area (Å²) in [4.78, 5) is 12.8. The largest absolute Gasteiger partial charge is 0.497 e. The van der Waals surface area contributed by atoms with E-state index in [1.807, 2.05) is 12.1 Å². The molecule has 0 aliphatic carbocycles. The van der Waals surface area contributed by atoms with Crippen LogP contribution in [0.4, 0.5) is 0 Å². The maximum atomic E-state index is 10.4. The quantitative estimate of drug-likeness (QED) is 0.347. The predicted octanol–water partition coefficient (Wildman–Crippen LogP) is 4.59. The first-order valence-corrected chi connectivity index (χ1v) is 13.2. The Balaban J connectivity index is 0.000000281. The van der Waals surface area contributed by atoms with Gasteiger partial charge in [0, 0.05) is 6.54 Å². The van der Waals surface area contributed by atoms with Gasteiger partial charge >= 0.3 is 0 Å². The number of methoxy groups -OCH3 is 1. The standard InChI is InChI=1S/C19H31NO2.C10H13NO3/c1-2-3-4-7-14-22-19-10-8-17(9-11-19)15-18(21)16-20-12-5-6-13-20;1-13-8-2-4-9(5-3-8)14-7-6-10(11)12/h8-11,18,21H,2-7,12-16H2,1H3;2-5H,6-7H2,1H3,(H2,11,12). The molecule has 2 aromatic rings. The van der Waals surface area contributed by atoms with Gasteiger partial charge in [-0.2, -0.15) is 0 Å². The lowest BCUT2D eigenvalue weighted by Gasteiger charge is -2.19. The first-order valence-electron chi connectivity index (χ1n) is 13.2. The number of likely N-dealkylation sites (tertiary alicyclic amines) is 1. The maximum absolute atomic E-state index is 10.4. The van der Waals surface area contributed by atoms with Crippen LogP contribution < -0.4 is 19.9 Å². The van der Waals surface area contributed by atoms with Crippen molar-refractivity contribution in [1.82, 2.24) is 4.90 Å². The molecule has 0 spiro atoms. The highest BCUT2D eigenvalue weighted by atomic mass is 16.5. The summed E-state index contributed by atoms with van der Waals surface area (Å²) in [6.07, 6.45) is 8.17. The lowest BCUT2D eigenvalue weighted by Crippen LogP contribution is -2.31. The number of hydrogen-bond donors (Lipinski definition) is 2. The molecule has 1 fully saturated rings. The van der Waals surface area contributed by atoms with Crippen LogP contribution in [0.5, 0.6) is 17.2 Å². The molecule has 1 saturated heterocycles. The lowest BCUT2D eigenvalue weighted by molar-refractivity contribution is -0.118. The first kappa shape index (κ1) is 29.5. The van der Waals surface area contributed by atoms with Crippen LogP contribution in [0.15, 0.2) is 48.5 Å². The molecule has 2 aromatic carbocycles. The zero-order chi connectivity index (χ0) is 26.0. The number of rotatable bonds is 15. The van der Waals surface area contributed by atoms with Crippen molar-refractivity contribution in [2.24, 2.45) is 5.73 Å². The van der Waals surface area contributed by atoms with Gasteiger partial charge in [-0.3, -0.25) is 4.79 Å². The minimum Gasteiger partial charge on any atom is -0.497 e. The molecule has 0 radical (unpaired) electrons. The van der Waals surface area contributed by atoms with Crippen molar-refractivity contribution in [3.8, 4) is 17.2 Å². The second kappa shape index (κ2) is 17.6. The Labute approximate surface area is 216 Å². The van der Waals surface area contributed by atoms with Gasteiger partial charge in [0.15, 0.2) is 0 Å². The molecule has 1 aliphatic heterocycles. The third-order valence-corrected chi connectivity index (χ3v) is 6.01. The topological polar surface area (TPSA) is 94.2 Å². The molecule has 0 bridgehead atoms. The number of amides is 1. The molecule has 0 saturated carbocycles. The summed E-state index contributed by atoms with van der Waals surface area (Å²) in [5.74, 6) is 2.05. The smallest absolute Gasteiger partial charge is 0.220 e. The van der Waals surface area contributed by atoms with E-state index < -0.39 is 0 Å². The Morgan fingerprint density at radius 1 is 0.917 bits per heavy atom. The van der Waals surface area contributed by atoms with Crippen molar-refractivity contribution >= 4 is 5.91 Å². The van der Waals surface area contributed by atoms with E-state index in [2.05, 4.69) is 24.0 Å². The van der Waals surface area contributed by atoms with Gasteiger partial charge in [0.1, 0.15) is 17.2 Å². The molecule has 3 N–H and O–H groups in total. The maximum Gasteiger partial charge on any atom is 0.220 e. The summed E-state index contributed by atoms with van der Waals surface area (Å²) in [5, 5.41) is 10.2. The minimum atomic E-state index is -0.362. The lowest BCUT2D eigenvalue weighted by atomic mass is 10.1. The van der Waals surface area contributed by atoms with Crippen molar-refractivity contribution < 1.29 is 24.1 Å². The summed E-state index contributed by atoms with van der Waals surface area (Å²) >= 11 is 0. The summed E-state index contributed by atoms with van der Waals surface area (Å²) in [7, 11) is 1.60. The number of aliphatic hydroxyl groups is 1. The molecule has 7 nitrogen and oxygen atoms in total. The second-order valence-electron chi connectivity index (χ2n) is 9.16. The summed E-state index contributed by atoms with van der Waals surface area (Å²) in [6.45, 7) is 6.41. The number of hydrogen-bond acceptors (Lipinski definition) is 6. The van der Waals surface area contributed by atoms with E-state index in [0.29, 0.717) is 12.4 Å². The third-order valence-electron chi connectivity index (χ3n) is 6.01. The molecule has 1 unspecified atom stereocenters. The SMILES string of the molecule is CCCCCCOc1ccc(CC(O)CN2CCCC2)cc1.COc1ccc(OCCC(N)=O)cc1. The van der Waals surface area contributed by atoms with E-state index in [0.717, 1.165) is 50.6 Å². The van der Waals surface area contributed by atoms with Gasteiger partial charge in [-0.25, -0.2) is 0 Å². The number of aliphatic hydroxyl groups excluding tert-OH is 1. The van der Waals surface area contributed by atoms with Gasteiger partial charge in [0.2, 0.25) is 5.91 Å². The van der Waals surface area contributed by atoms with E-state index in [-0.39, 0.29) is 18.4 Å².